The molecule has 1 N–H and O–H groups in total. The Labute approximate surface area is 70.3 Å². The molecule has 2 heteroatoms. The van der Waals surface area contributed by atoms with Gasteiger partial charge in [0.25, 0.3) is 0 Å². The number of unbranched alkanes of at least 4 members (excludes halogenated alkanes) is 1. The van der Waals surface area contributed by atoms with Crippen molar-refractivity contribution in [2.75, 3.05) is 20.3 Å². The second-order valence-corrected chi connectivity index (χ2v) is 2.95. The molecule has 0 aliphatic heterocycles. The van der Waals surface area contributed by atoms with Crippen molar-refractivity contribution in [3.05, 3.63) is 0 Å². The van der Waals surface area contributed by atoms with Gasteiger partial charge in [0.15, 0.2) is 0 Å². The summed E-state index contributed by atoms with van der Waals surface area (Å²) in [7, 11) is 1.76. The van der Waals surface area contributed by atoms with Crippen LogP contribution in [0.4, 0.5) is 0 Å². The van der Waals surface area contributed by atoms with Gasteiger partial charge in [-0.15, -0.1) is 0 Å². The van der Waals surface area contributed by atoms with E-state index in [2.05, 4.69) is 19.2 Å². The van der Waals surface area contributed by atoms with E-state index in [1.807, 2.05) is 0 Å². The second kappa shape index (κ2) is 8.02. The van der Waals surface area contributed by atoms with Gasteiger partial charge in [0.1, 0.15) is 0 Å². The highest BCUT2D eigenvalue weighted by molar-refractivity contribution is 4.58. The smallest absolute Gasteiger partial charge is 0.0462 e. The van der Waals surface area contributed by atoms with Crippen molar-refractivity contribution >= 4 is 0 Å². The minimum Gasteiger partial charge on any atom is -0.385 e. The first kappa shape index (κ1) is 10.9. The highest BCUT2D eigenvalue weighted by Crippen LogP contribution is 1.99. The van der Waals surface area contributed by atoms with Gasteiger partial charge in [-0.2, -0.15) is 0 Å². The van der Waals surface area contributed by atoms with Gasteiger partial charge in [-0.1, -0.05) is 6.92 Å². The van der Waals surface area contributed by atoms with Crippen molar-refractivity contribution in [2.24, 2.45) is 0 Å². The van der Waals surface area contributed by atoms with Crippen molar-refractivity contribution in [3.8, 4) is 0 Å². The highest BCUT2D eigenvalue weighted by atomic mass is 16.5. The maximum atomic E-state index is 4.96. The summed E-state index contributed by atoms with van der Waals surface area (Å²) in [5, 5.41) is 3.38. The number of methoxy groups -OCH3 is 1. The lowest BCUT2D eigenvalue weighted by Gasteiger charge is -2.10. The maximum Gasteiger partial charge on any atom is 0.0462 e. The van der Waals surface area contributed by atoms with E-state index in [1.54, 1.807) is 7.11 Å². The standard InChI is InChI=1S/C9H21NO/c1-4-10-9(2)7-5-6-8-11-3/h9-10H,4-8H2,1-3H3. The molecule has 0 aliphatic carbocycles. The van der Waals surface area contributed by atoms with Crippen molar-refractivity contribution in [1.29, 1.82) is 0 Å². The molecule has 0 aromatic rings. The predicted octanol–water partition coefficient (Wildman–Crippen LogP) is 1.80. The molecule has 0 radical (unpaired) electrons. The number of hydrogen-bond acceptors (Lipinski definition) is 2. The van der Waals surface area contributed by atoms with Crippen molar-refractivity contribution in [2.45, 2.75) is 39.2 Å². The van der Waals surface area contributed by atoms with Crippen molar-refractivity contribution in [3.63, 3.8) is 0 Å². The lowest BCUT2D eigenvalue weighted by Crippen LogP contribution is -2.25. The van der Waals surface area contributed by atoms with Crippen LogP contribution >= 0.6 is 0 Å². The van der Waals surface area contributed by atoms with Crippen molar-refractivity contribution in [1.82, 2.24) is 5.32 Å². The summed E-state index contributed by atoms with van der Waals surface area (Å²) in [4.78, 5) is 0. The molecule has 0 rings (SSSR count). The molecule has 0 saturated heterocycles. The molecule has 0 spiro atoms. The third-order valence-corrected chi connectivity index (χ3v) is 1.79. The summed E-state index contributed by atoms with van der Waals surface area (Å²) in [6.07, 6.45) is 3.71. The van der Waals surface area contributed by atoms with Crippen LogP contribution in [0.1, 0.15) is 33.1 Å². The van der Waals surface area contributed by atoms with Crippen molar-refractivity contribution < 1.29 is 4.74 Å². The van der Waals surface area contributed by atoms with Gasteiger partial charge in [-0.25, -0.2) is 0 Å². The Kier molecular flexibility index (Phi) is 7.96. The summed E-state index contributed by atoms with van der Waals surface area (Å²) in [6, 6.07) is 0.664. The second-order valence-electron chi connectivity index (χ2n) is 2.95. The normalized spacial score (nSPS) is 13.4. The summed E-state index contributed by atoms with van der Waals surface area (Å²) in [5.74, 6) is 0. The molecule has 11 heavy (non-hydrogen) atoms. The summed E-state index contributed by atoms with van der Waals surface area (Å²) >= 11 is 0. The molecule has 0 fully saturated rings. The zero-order chi connectivity index (χ0) is 8.53. The zero-order valence-corrected chi connectivity index (χ0v) is 8.02. The van der Waals surface area contributed by atoms with E-state index >= 15 is 0 Å². The molecular weight excluding hydrogens is 138 g/mol. The van der Waals surface area contributed by atoms with Gasteiger partial charge in [-0.3, -0.25) is 0 Å². The Morgan fingerprint density at radius 3 is 2.64 bits per heavy atom. The van der Waals surface area contributed by atoms with E-state index in [1.165, 1.54) is 19.3 Å². The molecule has 0 amide bonds. The number of rotatable bonds is 7. The first-order chi connectivity index (χ1) is 5.31. The van der Waals surface area contributed by atoms with Crippen LogP contribution in [0.5, 0.6) is 0 Å². The molecule has 0 aliphatic rings. The summed E-state index contributed by atoms with van der Waals surface area (Å²) in [5.41, 5.74) is 0. The van der Waals surface area contributed by atoms with Gasteiger partial charge in [0.2, 0.25) is 0 Å². The third-order valence-electron chi connectivity index (χ3n) is 1.79. The molecule has 2 nitrogen and oxygen atoms in total. The van der Waals surface area contributed by atoms with Crippen LogP contribution in [0.25, 0.3) is 0 Å². The molecule has 0 aromatic carbocycles. The third kappa shape index (κ3) is 7.82. The molecule has 0 bridgehead atoms. The molecule has 1 atom stereocenters. The fourth-order valence-corrected chi connectivity index (χ4v) is 1.15. The molecular formula is C9H21NO. The van der Waals surface area contributed by atoms with Crippen LogP contribution in [0.15, 0.2) is 0 Å². The van der Waals surface area contributed by atoms with Gasteiger partial charge in [-0.05, 0) is 32.7 Å². The Morgan fingerprint density at radius 1 is 1.36 bits per heavy atom. The van der Waals surface area contributed by atoms with Crippen LogP contribution in [-0.2, 0) is 4.74 Å². The van der Waals surface area contributed by atoms with Gasteiger partial charge < -0.3 is 10.1 Å². The molecule has 0 saturated carbocycles. The molecule has 0 heterocycles. The number of nitrogens with one attached hydrogen (secondary N) is 1. The Bertz CT molecular complexity index is 76.0. The maximum absolute atomic E-state index is 4.96. The fraction of sp³-hybridized carbons (Fsp3) is 1.00. The Hall–Kier alpha value is -0.0800. The van der Waals surface area contributed by atoms with E-state index < -0.39 is 0 Å². The predicted molar refractivity (Wildman–Crippen MR) is 48.9 cm³/mol. The van der Waals surface area contributed by atoms with E-state index in [9.17, 15) is 0 Å². The Morgan fingerprint density at radius 2 is 2.09 bits per heavy atom. The SMILES string of the molecule is CCNC(C)CCCCOC. The number of ether oxygens (including phenoxy) is 1. The molecule has 1 unspecified atom stereocenters. The van der Waals surface area contributed by atoms with Gasteiger partial charge in [0.05, 0.1) is 0 Å². The van der Waals surface area contributed by atoms with Crippen LogP contribution in [0, 0.1) is 0 Å². The largest absolute Gasteiger partial charge is 0.385 e. The first-order valence-corrected chi connectivity index (χ1v) is 4.53. The fourth-order valence-electron chi connectivity index (χ4n) is 1.15. The lowest BCUT2D eigenvalue weighted by atomic mass is 10.1. The van der Waals surface area contributed by atoms with Gasteiger partial charge in [0, 0.05) is 19.8 Å². The van der Waals surface area contributed by atoms with E-state index in [-0.39, 0.29) is 0 Å². The average Bonchev–Trinajstić information content (AvgIpc) is 1.99. The number of hydrogen-bond donors (Lipinski definition) is 1. The van der Waals surface area contributed by atoms with Crippen LogP contribution in [0.3, 0.4) is 0 Å². The van der Waals surface area contributed by atoms with Crippen LogP contribution in [-0.4, -0.2) is 26.3 Å². The summed E-state index contributed by atoms with van der Waals surface area (Å²) in [6.45, 7) is 6.35. The Balaban J connectivity index is 2.97. The monoisotopic (exact) mass is 159 g/mol. The highest BCUT2D eigenvalue weighted by Gasteiger charge is 1.97. The topological polar surface area (TPSA) is 21.3 Å². The van der Waals surface area contributed by atoms with E-state index in [0.29, 0.717) is 6.04 Å². The average molecular weight is 159 g/mol. The molecule has 0 aromatic heterocycles. The first-order valence-electron chi connectivity index (χ1n) is 4.53. The molecule has 68 valence electrons. The van der Waals surface area contributed by atoms with E-state index in [4.69, 9.17) is 4.74 Å². The minimum absolute atomic E-state index is 0.664. The van der Waals surface area contributed by atoms with Crippen LogP contribution in [0.2, 0.25) is 0 Å². The quantitative estimate of drug-likeness (QED) is 0.572. The lowest BCUT2D eigenvalue weighted by molar-refractivity contribution is 0.191. The van der Waals surface area contributed by atoms with Gasteiger partial charge >= 0.3 is 0 Å². The zero-order valence-electron chi connectivity index (χ0n) is 8.02. The van der Waals surface area contributed by atoms with Crippen LogP contribution < -0.4 is 5.32 Å². The van der Waals surface area contributed by atoms with E-state index in [0.717, 1.165) is 13.2 Å². The summed E-state index contributed by atoms with van der Waals surface area (Å²) < 4.78 is 4.96. The minimum atomic E-state index is 0.664.